The Kier molecular flexibility index (Phi) is 6.71. The van der Waals surface area contributed by atoms with Gasteiger partial charge in [0.2, 0.25) is 0 Å². The molecule has 0 saturated carbocycles. The minimum absolute atomic E-state index is 0.170. The van der Waals surface area contributed by atoms with Crippen LogP contribution in [0.1, 0.15) is 41.0 Å². The van der Waals surface area contributed by atoms with Crippen LogP contribution in [0.3, 0.4) is 0 Å². The van der Waals surface area contributed by atoms with Crippen LogP contribution in [0.4, 0.5) is 0 Å². The van der Waals surface area contributed by atoms with Crippen LogP contribution in [0.2, 0.25) is 0 Å². The Hall–Kier alpha value is -2.66. The molecule has 5 nitrogen and oxygen atoms in total. The van der Waals surface area contributed by atoms with E-state index in [2.05, 4.69) is 5.32 Å². The van der Waals surface area contributed by atoms with E-state index in [0.717, 1.165) is 6.42 Å². The Morgan fingerprint density at radius 2 is 1.56 bits per heavy atom. The number of carbonyl (C=O) groups is 2. The first-order valence-corrected chi connectivity index (χ1v) is 8.32. The predicted molar refractivity (Wildman–Crippen MR) is 96.9 cm³/mol. The summed E-state index contributed by atoms with van der Waals surface area (Å²) in [6, 6.07) is 13.7. The van der Waals surface area contributed by atoms with Gasteiger partial charge in [-0.2, -0.15) is 0 Å². The van der Waals surface area contributed by atoms with Gasteiger partial charge >= 0.3 is 5.97 Å². The third kappa shape index (κ3) is 5.16. The third-order valence-electron chi connectivity index (χ3n) is 3.68. The Morgan fingerprint density at radius 1 is 1.00 bits per heavy atom. The number of carbonyl (C=O) groups excluding carboxylic acids is 1. The zero-order chi connectivity index (χ0) is 18.2. The third-order valence-corrected chi connectivity index (χ3v) is 3.68. The Labute approximate surface area is 147 Å². The summed E-state index contributed by atoms with van der Waals surface area (Å²) in [6.45, 7) is 5.02. The van der Waals surface area contributed by atoms with E-state index >= 15 is 0 Å². The molecule has 0 heterocycles. The molecule has 0 unspecified atom stereocenters. The minimum Gasteiger partial charge on any atom is -0.478 e. The van der Waals surface area contributed by atoms with Crippen molar-refractivity contribution in [3.63, 3.8) is 0 Å². The molecule has 0 fully saturated rings. The highest BCUT2D eigenvalue weighted by Gasteiger charge is 2.17. The summed E-state index contributed by atoms with van der Waals surface area (Å²) in [5, 5.41) is 12.3. The van der Waals surface area contributed by atoms with Gasteiger partial charge in [-0.15, -0.1) is 0 Å². The maximum Gasteiger partial charge on any atom is 0.336 e. The number of hydrogen-bond donors (Lipinski definition) is 2. The summed E-state index contributed by atoms with van der Waals surface area (Å²) in [5.74, 6) is -1.24. The summed E-state index contributed by atoms with van der Waals surface area (Å²) in [7, 11) is 0. The van der Waals surface area contributed by atoms with Gasteiger partial charge in [0.05, 0.1) is 11.7 Å². The summed E-state index contributed by atoms with van der Waals surface area (Å²) in [4.78, 5) is 24.0. The number of carboxylic acids is 1. The molecule has 2 rings (SSSR count). The SMILES string of the molecule is CC(C)OCCCNC(=O)c1ccccc1-c1ccccc1C(=O)O. The number of hydrogen-bond acceptors (Lipinski definition) is 3. The fourth-order valence-corrected chi connectivity index (χ4v) is 2.51. The van der Waals surface area contributed by atoms with E-state index in [0.29, 0.717) is 29.8 Å². The van der Waals surface area contributed by atoms with Crippen LogP contribution in [0.25, 0.3) is 11.1 Å². The number of nitrogens with one attached hydrogen (secondary N) is 1. The van der Waals surface area contributed by atoms with Crippen molar-refractivity contribution in [2.75, 3.05) is 13.2 Å². The van der Waals surface area contributed by atoms with Crippen molar-refractivity contribution in [2.24, 2.45) is 0 Å². The highest BCUT2D eigenvalue weighted by molar-refractivity contribution is 6.04. The first-order valence-electron chi connectivity index (χ1n) is 8.32. The monoisotopic (exact) mass is 341 g/mol. The lowest BCUT2D eigenvalue weighted by Crippen LogP contribution is -2.26. The van der Waals surface area contributed by atoms with Gasteiger partial charge in [-0.05, 0) is 43.5 Å². The van der Waals surface area contributed by atoms with Crippen LogP contribution >= 0.6 is 0 Å². The largest absolute Gasteiger partial charge is 0.478 e. The molecule has 0 aliphatic heterocycles. The van der Waals surface area contributed by atoms with Gasteiger partial charge in [0.1, 0.15) is 0 Å². The summed E-state index contributed by atoms with van der Waals surface area (Å²) < 4.78 is 5.45. The predicted octanol–water partition coefficient (Wildman–Crippen LogP) is 3.60. The van der Waals surface area contributed by atoms with Crippen LogP contribution in [0, 0.1) is 0 Å². The number of amides is 1. The molecule has 25 heavy (non-hydrogen) atoms. The molecule has 0 aliphatic carbocycles. The van der Waals surface area contributed by atoms with Gasteiger partial charge in [0, 0.05) is 18.7 Å². The standard InChI is InChI=1S/C20H23NO4/c1-14(2)25-13-7-12-21-19(22)17-10-5-3-8-15(17)16-9-4-6-11-18(16)20(23)24/h3-6,8-11,14H,7,12-13H2,1-2H3,(H,21,22)(H,23,24). The first kappa shape index (κ1) is 18.7. The molecule has 0 bridgehead atoms. The van der Waals surface area contributed by atoms with E-state index in [4.69, 9.17) is 4.74 Å². The molecule has 0 radical (unpaired) electrons. The van der Waals surface area contributed by atoms with Crippen LogP contribution in [0.15, 0.2) is 48.5 Å². The van der Waals surface area contributed by atoms with E-state index in [1.165, 1.54) is 6.07 Å². The summed E-state index contributed by atoms with van der Waals surface area (Å²) >= 11 is 0. The van der Waals surface area contributed by atoms with Crippen molar-refractivity contribution in [1.82, 2.24) is 5.32 Å². The van der Waals surface area contributed by atoms with E-state index in [1.807, 2.05) is 13.8 Å². The highest BCUT2D eigenvalue weighted by atomic mass is 16.5. The molecule has 5 heteroatoms. The normalized spacial score (nSPS) is 10.7. The molecule has 1 amide bonds. The second-order valence-corrected chi connectivity index (χ2v) is 5.93. The lowest BCUT2D eigenvalue weighted by molar-refractivity contribution is 0.0696. The molecule has 0 saturated heterocycles. The maximum absolute atomic E-state index is 12.5. The van der Waals surface area contributed by atoms with Gasteiger partial charge < -0.3 is 15.2 Å². The van der Waals surface area contributed by atoms with Gasteiger partial charge in [0.15, 0.2) is 0 Å². The molecule has 2 aromatic rings. The Bertz CT molecular complexity index is 740. The number of benzene rings is 2. The molecule has 132 valence electrons. The van der Waals surface area contributed by atoms with Crippen molar-refractivity contribution in [1.29, 1.82) is 0 Å². The van der Waals surface area contributed by atoms with Gasteiger partial charge in [-0.1, -0.05) is 36.4 Å². The maximum atomic E-state index is 12.5. The molecule has 2 aromatic carbocycles. The van der Waals surface area contributed by atoms with Crippen LogP contribution in [0.5, 0.6) is 0 Å². The Balaban J connectivity index is 2.16. The number of rotatable bonds is 8. The lowest BCUT2D eigenvalue weighted by Gasteiger charge is -2.13. The van der Waals surface area contributed by atoms with Crippen molar-refractivity contribution < 1.29 is 19.4 Å². The second kappa shape index (κ2) is 8.99. The average molecular weight is 341 g/mol. The molecule has 0 atom stereocenters. The van der Waals surface area contributed by atoms with E-state index in [9.17, 15) is 14.7 Å². The fourth-order valence-electron chi connectivity index (χ4n) is 2.51. The molecule has 2 N–H and O–H groups in total. The van der Waals surface area contributed by atoms with E-state index < -0.39 is 5.97 Å². The van der Waals surface area contributed by atoms with Crippen molar-refractivity contribution >= 4 is 11.9 Å². The van der Waals surface area contributed by atoms with Crippen LogP contribution in [-0.4, -0.2) is 36.2 Å². The topological polar surface area (TPSA) is 75.6 Å². The smallest absolute Gasteiger partial charge is 0.336 e. The quantitative estimate of drug-likeness (QED) is 0.719. The van der Waals surface area contributed by atoms with Gasteiger partial charge in [-0.3, -0.25) is 4.79 Å². The number of carboxylic acid groups (broad SMARTS) is 1. The zero-order valence-electron chi connectivity index (χ0n) is 14.5. The number of aromatic carboxylic acids is 1. The second-order valence-electron chi connectivity index (χ2n) is 5.93. The van der Waals surface area contributed by atoms with E-state index in [1.54, 1.807) is 42.5 Å². The molecular formula is C20H23NO4. The molecule has 0 aliphatic rings. The highest BCUT2D eigenvalue weighted by Crippen LogP contribution is 2.27. The van der Waals surface area contributed by atoms with E-state index in [-0.39, 0.29) is 17.6 Å². The molecular weight excluding hydrogens is 318 g/mol. The molecule has 0 aromatic heterocycles. The van der Waals surface area contributed by atoms with Crippen LogP contribution in [-0.2, 0) is 4.74 Å². The summed E-state index contributed by atoms with van der Waals surface area (Å²) in [6.07, 6.45) is 0.890. The zero-order valence-corrected chi connectivity index (χ0v) is 14.5. The van der Waals surface area contributed by atoms with Gasteiger partial charge in [0.25, 0.3) is 5.91 Å². The fraction of sp³-hybridized carbons (Fsp3) is 0.300. The minimum atomic E-state index is -1.02. The first-order chi connectivity index (χ1) is 12.0. The number of ether oxygens (including phenoxy) is 1. The lowest BCUT2D eigenvalue weighted by atomic mass is 9.95. The van der Waals surface area contributed by atoms with Gasteiger partial charge in [-0.25, -0.2) is 4.79 Å². The van der Waals surface area contributed by atoms with Crippen molar-refractivity contribution in [3.05, 3.63) is 59.7 Å². The van der Waals surface area contributed by atoms with Crippen molar-refractivity contribution in [3.8, 4) is 11.1 Å². The van der Waals surface area contributed by atoms with Crippen molar-refractivity contribution in [2.45, 2.75) is 26.4 Å². The molecule has 0 spiro atoms. The average Bonchev–Trinajstić information content (AvgIpc) is 2.61. The summed E-state index contributed by atoms with van der Waals surface area (Å²) in [5.41, 5.74) is 1.77. The Morgan fingerprint density at radius 3 is 2.16 bits per heavy atom. The van der Waals surface area contributed by atoms with Crippen LogP contribution < -0.4 is 5.32 Å².